The summed E-state index contributed by atoms with van der Waals surface area (Å²) in [6.07, 6.45) is 1.77. The van der Waals surface area contributed by atoms with Gasteiger partial charge in [0.2, 0.25) is 5.88 Å². The van der Waals surface area contributed by atoms with Gasteiger partial charge in [0.25, 0.3) is 0 Å². The average Bonchev–Trinajstić information content (AvgIpc) is 2.41. The molecule has 0 saturated heterocycles. The molecule has 1 aromatic carbocycles. The maximum Gasteiger partial charge on any atom is 0.219 e. The third-order valence-electron chi connectivity index (χ3n) is 2.62. The molecule has 0 unspecified atom stereocenters. The summed E-state index contributed by atoms with van der Waals surface area (Å²) in [4.78, 5) is 4.24. The van der Waals surface area contributed by atoms with Crippen LogP contribution in [0.4, 0.5) is 4.39 Å². The van der Waals surface area contributed by atoms with Crippen molar-refractivity contribution in [2.45, 2.75) is 26.4 Å². The molecule has 0 spiro atoms. The summed E-state index contributed by atoms with van der Waals surface area (Å²) in [5.41, 5.74) is 1.09. The molecule has 2 rings (SSSR count). The molecule has 106 valence electrons. The number of nitrogens with zero attached hydrogens (tertiary/aromatic N) is 1. The quantitative estimate of drug-likeness (QED) is 0.883. The number of ether oxygens (including phenoxy) is 1. The highest BCUT2D eigenvalue weighted by atomic mass is 79.9. The Morgan fingerprint density at radius 2 is 2.10 bits per heavy atom. The molecule has 0 atom stereocenters. The van der Waals surface area contributed by atoms with Crippen molar-refractivity contribution in [1.82, 2.24) is 10.3 Å². The fraction of sp³-hybridized carbons (Fsp3) is 0.267. The highest BCUT2D eigenvalue weighted by Crippen LogP contribution is 2.29. The van der Waals surface area contributed by atoms with Crippen molar-refractivity contribution < 1.29 is 9.13 Å². The van der Waals surface area contributed by atoms with Crippen LogP contribution in [-0.4, -0.2) is 11.0 Å². The van der Waals surface area contributed by atoms with Crippen LogP contribution in [0.1, 0.15) is 19.4 Å². The second kappa shape index (κ2) is 6.81. The van der Waals surface area contributed by atoms with Gasteiger partial charge >= 0.3 is 0 Å². The topological polar surface area (TPSA) is 34.1 Å². The predicted molar refractivity (Wildman–Crippen MR) is 80.4 cm³/mol. The third-order valence-corrected chi connectivity index (χ3v) is 3.24. The Morgan fingerprint density at radius 1 is 1.30 bits per heavy atom. The van der Waals surface area contributed by atoms with Crippen LogP contribution in [0.15, 0.2) is 41.0 Å². The summed E-state index contributed by atoms with van der Waals surface area (Å²) in [6.45, 7) is 4.96. The van der Waals surface area contributed by atoms with E-state index in [0.717, 1.165) is 12.1 Å². The lowest BCUT2D eigenvalue weighted by Crippen LogP contribution is -2.21. The van der Waals surface area contributed by atoms with Crippen molar-refractivity contribution in [1.29, 1.82) is 0 Å². The molecule has 1 N–H and O–H groups in total. The van der Waals surface area contributed by atoms with Crippen LogP contribution in [0.25, 0.3) is 0 Å². The van der Waals surface area contributed by atoms with Crippen LogP contribution >= 0.6 is 15.9 Å². The number of rotatable bonds is 5. The summed E-state index contributed by atoms with van der Waals surface area (Å²) >= 11 is 3.26. The fourth-order valence-corrected chi connectivity index (χ4v) is 2.00. The molecule has 0 radical (unpaired) electrons. The smallest absolute Gasteiger partial charge is 0.219 e. The highest BCUT2D eigenvalue weighted by Gasteiger charge is 2.05. The first kappa shape index (κ1) is 14.9. The number of hydrogen-bond acceptors (Lipinski definition) is 3. The normalized spacial score (nSPS) is 10.8. The second-order valence-electron chi connectivity index (χ2n) is 4.72. The van der Waals surface area contributed by atoms with Crippen LogP contribution in [0.3, 0.4) is 0 Å². The second-order valence-corrected chi connectivity index (χ2v) is 5.57. The molecule has 5 heteroatoms. The Kier molecular flexibility index (Phi) is 5.09. The lowest BCUT2D eigenvalue weighted by atomic mass is 10.2. The Morgan fingerprint density at radius 3 is 2.70 bits per heavy atom. The largest absolute Gasteiger partial charge is 0.438 e. The Bertz CT molecular complexity index is 573. The molecule has 1 aromatic heterocycles. The van der Waals surface area contributed by atoms with Crippen LogP contribution in [0.5, 0.6) is 11.6 Å². The number of halogens is 2. The molecular formula is C15H16BrFN2O. The zero-order valence-corrected chi connectivity index (χ0v) is 12.9. The first-order valence-electron chi connectivity index (χ1n) is 6.36. The van der Waals surface area contributed by atoms with Crippen LogP contribution < -0.4 is 10.1 Å². The van der Waals surface area contributed by atoms with Crippen LogP contribution in [0, 0.1) is 5.82 Å². The van der Waals surface area contributed by atoms with Crippen molar-refractivity contribution in [2.75, 3.05) is 0 Å². The molecule has 3 nitrogen and oxygen atoms in total. The maximum absolute atomic E-state index is 13.0. The van der Waals surface area contributed by atoms with E-state index >= 15 is 0 Å². The molecule has 0 aliphatic heterocycles. The summed E-state index contributed by atoms with van der Waals surface area (Å²) < 4.78 is 19.1. The highest BCUT2D eigenvalue weighted by molar-refractivity contribution is 9.10. The van der Waals surface area contributed by atoms with Gasteiger partial charge in [0.05, 0.1) is 4.47 Å². The van der Waals surface area contributed by atoms with Gasteiger partial charge in [0.1, 0.15) is 11.6 Å². The van der Waals surface area contributed by atoms with E-state index in [-0.39, 0.29) is 5.82 Å². The van der Waals surface area contributed by atoms with E-state index in [4.69, 9.17) is 4.74 Å². The number of hydrogen-bond donors (Lipinski definition) is 1. The zero-order valence-electron chi connectivity index (χ0n) is 11.4. The minimum absolute atomic E-state index is 0.313. The average molecular weight is 339 g/mol. The molecule has 0 bridgehead atoms. The number of nitrogens with one attached hydrogen (secondary N) is 1. The van der Waals surface area contributed by atoms with Gasteiger partial charge < -0.3 is 10.1 Å². The fourth-order valence-electron chi connectivity index (χ4n) is 1.57. The van der Waals surface area contributed by atoms with Gasteiger partial charge in [-0.3, -0.25) is 0 Å². The lowest BCUT2D eigenvalue weighted by molar-refractivity contribution is 0.457. The van der Waals surface area contributed by atoms with E-state index in [1.54, 1.807) is 18.3 Å². The molecule has 0 aliphatic rings. The molecule has 20 heavy (non-hydrogen) atoms. The van der Waals surface area contributed by atoms with Gasteiger partial charge in [-0.05, 0) is 39.7 Å². The van der Waals surface area contributed by atoms with E-state index in [0.29, 0.717) is 22.1 Å². The summed E-state index contributed by atoms with van der Waals surface area (Å²) in [7, 11) is 0. The van der Waals surface area contributed by atoms with Gasteiger partial charge in [-0.2, -0.15) is 0 Å². The SMILES string of the molecule is CC(C)NCc1ccc(Oc2ccc(F)cc2Br)nc1. The first-order valence-corrected chi connectivity index (χ1v) is 7.15. The standard InChI is InChI=1S/C15H16BrFN2O/c1-10(2)18-8-11-3-6-15(19-9-11)20-14-5-4-12(17)7-13(14)16/h3-7,9-10,18H,8H2,1-2H3. The lowest BCUT2D eigenvalue weighted by Gasteiger charge is -2.09. The van der Waals surface area contributed by atoms with Gasteiger partial charge in [-0.1, -0.05) is 19.9 Å². The van der Waals surface area contributed by atoms with Crippen molar-refractivity contribution in [3.63, 3.8) is 0 Å². The number of benzene rings is 1. The molecule has 0 amide bonds. The Balaban J connectivity index is 2.03. The monoisotopic (exact) mass is 338 g/mol. The van der Waals surface area contributed by atoms with Crippen molar-refractivity contribution >= 4 is 15.9 Å². The minimum Gasteiger partial charge on any atom is -0.438 e. The summed E-state index contributed by atoms with van der Waals surface area (Å²) in [5, 5.41) is 3.32. The molecular weight excluding hydrogens is 323 g/mol. The first-order chi connectivity index (χ1) is 9.54. The van der Waals surface area contributed by atoms with E-state index < -0.39 is 0 Å². The summed E-state index contributed by atoms with van der Waals surface area (Å²) in [5.74, 6) is 0.699. The maximum atomic E-state index is 13.0. The third kappa shape index (κ3) is 4.28. The predicted octanol–water partition coefficient (Wildman–Crippen LogP) is 4.27. The van der Waals surface area contributed by atoms with E-state index in [1.807, 2.05) is 6.07 Å². The molecule has 2 aromatic rings. The molecule has 0 aliphatic carbocycles. The number of aromatic nitrogens is 1. The van der Waals surface area contributed by atoms with E-state index in [2.05, 4.69) is 40.1 Å². The molecule has 0 saturated carbocycles. The van der Waals surface area contributed by atoms with Gasteiger partial charge in [-0.25, -0.2) is 9.37 Å². The van der Waals surface area contributed by atoms with Crippen LogP contribution in [-0.2, 0) is 6.54 Å². The van der Waals surface area contributed by atoms with E-state index in [9.17, 15) is 4.39 Å². The Labute approximate surface area is 126 Å². The van der Waals surface area contributed by atoms with Crippen molar-refractivity contribution in [2.24, 2.45) is 0 Å². The van der Waals surface area contributed by atoms with E-state index in [1.165, 1.54) is 12.1 Å². The molecule has 1 heterocycles. The van der Waals surface area contributed by atoms with Gasteiger partial charge in [-0.15, -0.1) is 0 Å². The summed E-state index contributed by atoms with van der Waals surface area (Å²) in [6, 6.07) is 8.45. The number of pyridine rings is 1. The van der Waals surface area contributed by atoms with Crippen molar-refractivity contribution in [3.05, 3.63) is 52.4 Å². The van der Waals surface area contributed by atoms with Gasteiger partial charge in [0, 0.05) is 24.8 Å². The zero-order chi connectivity index (χ0) is 14.5. The minimum atomic E-state index is -0.313. The van der Waals surface area contributed by atoms with Gasteiger partial charge in [0.15, 0.2) is 0 Å². The van der Waals surface area contributed by atoms with Crippen molar-refractivity contribution in [3.8, 4) is 11.6 Å². The Hall–Kier alpha value is -1.46. The van der Waals surface area contributed by atoms with Crippen LogP contribution in [0.2, 0.25) is 0 Å². The molecule has 0 fully saturated rings.